The van der Waals surface area contributed by atoms with Crippen molar-refractivity contribution in [3.05, 3.63) is 47.0 Å². The second-order valence-corrected chi connectivity index (χ2v) is 10.6. The number of anilines is 1. The van der Waals surface area contributed by atoms with Gasteiger partial charge >= 0.3 is 0 Å². The summed E-state index contributed by atoms with van der Waals surface area (Å²) in [4.78, 5) is 2.41. The van der Waals surface area contributed by atoms with Crippen molar-refractivity contribution in [2.75, 3.05) is 39.1 Å². The van der Waals surface area contributed by atoms with E-state index in [1.54, 1.807) is 30.3 Å². The lowest BCUT2D eigenvalue weighted by atomic mass is 10.1. The number of nitrogens with zero attached hydrogens (tertiary/aromatic N) is 2. The van der Waals surface area contributed by atoms with Crippen LogP contribution in [-0.4, -0.2) is 47.0 Å². The standard InChI is InChI=1S/C24H36ClN3O3S/c1-6-8-13-28(14-9-7-2)22-15-19(18-26-3)16-23(32(29,30)27(4)5)24(22)31-21-12-10-11-20(25)17-21/h10-12,15-17,26H,6-9,13-14,18H2,1-5H3. The van der Waals surface area contributed by atoms with Crippen molar-refractivity contribution in [3.63, 3.8) is 0 Å². The zero-order valence-corrected chi connectivity index (χ0v) is 21.4. The number of sulfonamides is 1. The molecule has 0 aliphatic rings. The fraction of sp³-hybridized carbons (Fsp3) is 0.500. The summed E-state index contributed by atoms with van der Waals surface area (Å²) in [5, 5.41) is 3.67. The van der Waals surface area contributed by atoms with Gasteiger partial charge in [-0.15, -0.1) is 0 Å². The lowest BCUT2D eigenvalue weighted by molar-refractivity contribution is 0.458. The maximum atomic E-state index is 13.4. The van der Waals surface area contributed by atoms with Crippen LogP contribution in [0.4, 0.5) is 5.69 Å². The largest absolute Gasteiger partial charge is 0.454 e. The molecule has 0 saturated carbocycles. The van der Waals surface area contributed by atoms with Gasteiger partial charge in [0.25, 0.3) is 0 Å². The first-order chi connectivity index (χ1) is 15.2. The second-order valence-electron chi connectivity index (χ2n) is 8.01. The maximum Gasteiger partial charge on any atom is 0.246 e. The van der Waals surface area contributed by atoms with Crippen LogP contribution < -0.4 is 15.0 Å². The van der Waals surface area contributed by atoms with E-state index in [0.29, 0.717) is 23.1 Å². The van der Waals surface area contributed by atoms with Gasteiger partial charge in [0.2, 0.25) is 10.0 Å². The highest BCUT2D eigenvalue weighted by Gasteiger charge is 2.28. The molecule has 32 heavy (non-hydrogen) atoms. The maximum absolute atomic E-state index is 13.4. The average Bonchev–Trinajstić information content (AvgIpc) is 2.75. The van der Waals surface area contributed by atoms with Crippen molar-refractivity contribution >= 4 is 27.3 Å². The van der Waals surface area contributed by atoms with Gasteiger partial charge in [-0.25, -0.2) is 12.7 Å². The Labute approximate surface area is 198 Å². The molecule has 0 fully saturated rings. The number of unbranched alkanes of at least 4 members (excludes halogenated alkanes) is 2. The van der Waals surface area contributed by atoms with Crippen molar-refractivity contribution in [1.29, 1.82) is 0 Å². The molecule has 0 unspecified atom stereocenters. The van der Waals surface area contributed by atoms with Gasteiger partial charge in [-0.1, -0.05) is 44.4 Å². The van der Waals surface area contributed by atoms with Crippen LogP contribution in [0.1, 0.15) is 45.1 Å². The highest BCUT2D eigenvalue weighted by atomic mass is 35.5. The van der Waals surface area contributed by atoms with Crippen molar-refractivity contribution in [1.82, 2.24) is 9.62 Å². The first-order valence-corrected chi connectivity index (χ1v) is 13.0. The molecular weight excluding hydrogens is 446 g/mol. The summed E-state index contributed by atoms with van der Waals surface area (Å²) >= 11 is 6.17. The predicted octanol–water partition coefficient (Wildman–Crippen LogP) is 5.51. The summed E-state index contributed by atoms with van der Waals surface area (Å²) in [6, 6.07) is 10.8. The summed E-state index contributed by atoms with van der Waals surface area (Å²) in [5.74, 6) is 0.842. The van der Waals surface area contributed by atoms with Crippen LogP contribution in [0.15, 0.2) is 41.3 Å². The molecule has 0 amide bonds. The highest BCUT2D eigenvalue weighted by molar-refractivity contribution is 7.89. The minimum atomic E-state index is -3.75. The fourth-order valence-corrected chi connectivity index (χ4v) is 4.63. The van der Waals surface area contributed by atoms with Gasteiger partial charge < -0.3 is 15.0 Å². The molecule has 0 saturated heterocycles. The lowest BCUT2D eigenvalue weighted by Crippen LogP contribution is -2.28. The van der Waals surface area contributed by atoms with Crippen LogP contribution in [0.25, 0.3) is 0 Å². The van der Waals surface area contributed by atoms with Crippen LogP contribution in [0.3, 0.4) is 0 Å². The summed E-state index contributed by atoms with van der Waals surface area (Å²) in [7, 11) is 1.17. The third kappa shape index (κ3) is 6.85. The number of benzene rings is 2. The number of hydrogen-bond acceptors (Lipinski definition) is 5. The predicted molar refractivity (Wildman–Crippen MR) is 134 cm³/mol. The Hall–Kier alpha value is -1.80. The van der Waals surface area contributed by atoms with Gasteiger partial charge in [0.15, 0.2) is 5.75 Å². The zero-order chi connectivity index (χ0) is 23.7. The minimum absolute atomic E-state index is 0.156. The summed E-state index contributed by atoms with van der Waals surface area (Å²) in [6.45, 7) is 6.51. The minimum Gasteiger partial charge on any atom is -0.454 e. The van der Waals surface area contributed by atoms with E-state index in [0.717, 1.165) is 50.0 Å². The smallest absolute Gasteiger partial charge is 0.246 e. The lowest BCUT2D eigenvalue weighted by Gasteiger charge is -2.29. The van der Waals surface area contributed by atoms with Crippen molar-refractivity contribution < 1.29 is 13.2 Å². The normalized spacial score (nSPS) is 11.7. The monoisotopic (exact) mass is 481 g/mol. The molecule has 0 bridgehead atoms. The Morgan fingerprint density at radius 2 is 1.69 bits per heavy atom. The van der Waals surface area contributed by atoms with E-state index in [1.165, 1.54) is 18.4 Å². The molecule has 0 spiro atoms. The van der Waals surface area contributed by atoms with Crippen LogP contribution in [0.2, 0.25) is 5.02 Å². The highest BCUT2D eigenvalue weighted by Crippen LogP contribution is 2.41. The first kappa shape index (κ1) is 26.5. The average molecular weight is 482 g/mol. The van der Waals surface area contributed by atoms with Gasteiger partial charge in [-0.2, -0.15) is 0 Å². The van der Waals surface area contributed by atoms with Crippen molar-refractivity contribution in [3.8, 4) is 11.5 Å². The SMILES string of the molecule is CCCCN(CCCC)c1cc(CNC)cc(S(=O)(=O)N(C)C)c1Oc1cccc(Cl)c1. The Bertz CT molecular complexity index is 972. The van der Waals surface area contributed by atoms with Crippen LogP contribution in [-0.2, 0) is 16.6 Å². The van der Waals surface area contributed by atoms with Gasteiger partial charge in [0.1, 0.15) is 10.6 Å². The summed E-state index contributed by atoms with van der Waals surface area (Å²) < 4.78 is 34.2. The van der Waals surface area contributed by atoms with Crippen molar-refractivity contribution in [2.45, 2.75) is 51.0 Å². The summed E-state index contributed by atoms with van der Waals surface area (Å²) in [6.07, 6.45) is 4.11. The molecule has 0 radical (unpaired) electrons. The summed E-state index contributed by atoms with van der Waals surface area (Å²) in [5.41, 5.74) is 1.68. The van der Waals surface area contributed by atoms with Gasteiger partial charge in [0, 0.05) is 38.8 Å². The molecule has 2 aromatic carbocycles. The molecule has 1 N–H and O–H groups in total. The third-order valence-electron chi connectivity index (χ3n) is 5.15. The molecule has 0 aromatic heterocycles. The van der Waals surface area contributed by atoms with E-state index < -0.39 is 10.0 Å². The Balaban J connectivity index is 2.77. The molecule has 2 rings (SSSR count). The quantitative estimate of drug-likeness (QED) is 0.408. The molecule has 8 heteroatoms. The number of nitrogens with one attached hydrogen (secondary N) is 1. The Morgan fingerprint density at radius 1 is 1.03 bits per heavy atom. The van der Waals surface area contributed by atoms with Crippen molar-refractivity contribution in [2.24, 2.45) is 0 Å². The van der Waals surface area contributed by atoms with Gasteiger partial charge in [-0.05, 0) is 55.8 Å². The molecular formula is C24H36ClN3O3S. The van der Waals surface area contributed by atoms with Gasteiger partial charge in [0.05, 0.1) is 5.69 Å². The number of rotatable bonds is 13. The zero-order valence-electron chi connectivity index (χ0n) is 19.8. The molecule has 2 aromatic rings. The van der Waals surface area contributed by atoms with Crippen LogP contribution >= 0.6 is 11.6 Å². The van der Waals surface area contributed by atoms with Gasteiger partial charge in [-0.3, -0.25) is 0 Å². The van der Waals surface area contributed by atoms with E-state index in [9.17, 15) is 8.42 Å². The first-order valence-electron chi connectivity index (χ1n) is 11.2. The van der Waals surface area contributed by atoms with Crippen LogP contribution in [0, 0.1) is 0 Å². The molecule has 178 valence electrons. The van der Waals surface area contributed by atoms with E-state index in [1.807, 2.05) is 13.1 Å². The van der Waals surface area contributed by atoms with Crippen LogP contribution in [0.5, 0.6) is 11.5 Å². The second kappa shape index (κ2) is 12.4. The molecule has 6 nitrogen and oxygen atoms in total. The molecule has 0 atom stereocenters. The molecule has 0 heterocycles. The Morgan fingerprint density at radius 3 is 2.22 bits per heavy atom. The third-order valence-corrected chi connectivity index (χ3v) is 7.21. The van der Waals surface area contributed by atoms with E-state index in [4.69, 9.17) is 16.3 Å². The van der Waals surface area contributed by atoms with E-state index in [2.05, 4.69) is 24.1 Å². The molecule has 0 aliphatic carbocycles. The number of ether oxygens (including phenoxy) is 1. The Kier molecular flexibility index (Phi) is 10.3. The van der Waals surface area contributed by atoms with E-state index in [-0.39, 0.29) is 4.90 Å². The number of halogens is 1. The molecule has 0 aliphatic heterocycles. The fourth-order valence-electron chi connectivity index (χ4n) is 3.37. The topological polar surface area (TPSA) is 61.9 Å². The van der Waals surface area contributed by atoms with E-state index >= 15 is 0 Å². The number of hydrogen-bond donors (Lipinski definition) is 1.